The maximum atomic E-state index is 12.3. The summed E-state index contributed by atoms with van der Waals surface area (Å²) in [6, 6.07) is 14.8. The summed E-state index contributed by atoms with van der Waals surface area (Å²) in [5.41, 5.74) is 1.89. The minimum Gasteiger partial charge on any atom is -0.481 e. The Balaban J connectivity index is 1.96. The van der Waals surface area contributed by atoms with Crippen molar-refractivity contribution in [2.24, 2.45) is 0 Å². The van der Waals surface area contributed by atoms with E-state index in [1.54, 1.807) is 31.2 Å². The zero-order chi connectivity index (χ0) is 17.5. The summed E-state index contributed by atoms with van der Waals surface area (Å²) in [5.74, 6) is 0.368. The Bertz CT molecular complexity index is 669. The lowest BCUT2D eigenvalue weighted by molar-refractivity contribution is -0.122. The number of carbonyl (C=O) groups excluding carboxylic acids is 1. The number of nitrogens with one attached hydrogen (secondary N) is 1. The van der Waals surface area contributed by atoms with Crippen LogP contribution >= 0.6 is 11.6 Å². The first-order valence-electron chi connectivity index (χ1n) is 8.11. The highest BCUT2D eigenvalue weighted by Gasteiger charge is 2.15. The summed E-state index contributed by atoms with van der Waals surface area (Å²) in [4.78, 5) is 14.5. The van der Waals surface area contributed by atoms with E-state index in [0.29, 0.717) is 10.8 Å². The molecule has 1 amide bonds. The van der Waals surface area contributed by atoms with E-state index in [4.69, 9.17) is 16.3 Å². The van der Waals surface area contributed by atoms with Crippen molar-refractivity contribution in [2.45, 2.75) is 26.9 Å². The van der Waals surface area contributed by atoms with E-state index in [1.165, 1.54) is 0 Å². The Morgan fingerprint density at radius 2 is 1.83 bits per heavy atom. The topological polar surface area (TPSA) is 41.6 Å². The summed E-state index contributed by atoms with van der Waals surface area (Å²) in [7, 11) is 0. The van der Waals surface area contributed by atoms with Crippen molar-refractivity contribution in [2.75, 3.05) is 23.3 Å². The molecule has 0 bridgehead atoms. The van der Waals surface area contributed by atoms with Gasteiger partial charge < -0.3 is 15.0 Å². The highest BCUT2D eigenvalue weighted by Crippen LogP contribution is 2.20. The third kappa shape index (κ3) is 4.90. The summed E-state index contributed by atoms with van der Waals surface area (Å²) in [6.07, 6.45) is -0.620. The number of halogens is 1. The molecular weight excluding hydrogens is 324 g/mol. The van der Waals surface area contributed by atoms with Crippen molar-refractivity contribution in [3.8, 4) is 5.75 Å². The van der Waals surface area contributed by atoms with E-state index >= 15 is 0 Å². The number of ether oxygens (including phenoxy) is 1. The van der Waals surface area contributed by atoms with Gasteiger partial charge in [-0.15, -0.1) is 0 Å². The smallest absolute Gasteiger partial charge is 0.265 e. The molecular formula is C19H23ClN2O2. The van der Waals surface area contributed by atoms with Gasteiger partial charge >= 0.3 is 0 Å². The second-order valence-corrected chi connectivity index (χ2v) is 5.86. The molecule has 0 fully saturated rings. The Morgan fingerprint density at radius 3 is 2.42 bits per heavy atom. The average molecular weight is 347 g/mol. The van der Waals surface area contributed by atoms with Crippen LogP contribution in [0.4, 0.5) is 11.4 Å². The third-order valence-corrected chi connectivity index (χ3v) is 3.98. The fourth-order valence-electron chi connectivity index (χ4n) is 2.39. The molecule has 0 aliphatic carbocycles. The molecule has 0 aliphatic rings. The second-order valence-electron chi connectivity index (χ2n) is 5.43. The fraction of sp³-hybridized carbons (Fsp3) is 0.316. The van der Waals surface area contributed by atoms with Crippen LogP contribution in [0.2, 0.25) is 5.02 Å². The predicted octanol–water partition coefficient (Wildman–Crippen LogP) is 4.59. The lowest BCUT2D eigenvalue weighted by atomic mass is 10.2. The van der Waals surface area contributed by atoms with Gasteiger partial charge in [-0.05, 0) is 63.2 Å². The summed E-state index contributed by atoms with van der Waals surface area (Å²) < 4.78 is 5.62. The molecule has 0 heterocycles. The van der Waals surface area contributed by atoms with Crippen LogP contribution in [0.5, 0.6) is 5.75 Å². The molecule has 128 valence electrons. The van der Waals surface area contributed by atoms with Crippen LogP contribution in [0.1, 0.15) is 20.8 Å². The number of anilines is 2. The predicted molar refractivity (Wildman–Crippen MR) is 100 cm³/mol. The molecule has 2 aromatic rings. The third-order valence-electron chi connectivity index (χ3n) is 3.74. The Morgan fingerprint density at radius 1 is 1.17 bits per heavy atom. The minimum atomic E-state index is -0.620. The van der Waals surface area contributed by atoms with Crippen LogP contribution in [0, 0.1) is 0 Å². The van der Waals surface area contributed by atoms with Crippen molar-refractivity contribution < 1.29 is 9.53 Å². The highest BCUT2D eigenvalue weighted by atomic mass is 35.5. The molecule has 2 aromatic carbocycles. The van der Waals surface area contributed by atoms with Crippen LogP contribution in [0.25, 0.3) is 0 Å². The van der Waals surface area contributed by atoms with Crippen LogP contribution < -0.4 is 15.0 Å². The molecule has 0 saturated heterocycles. The fourth-order valence-corrected chi connectivity index (χ4v) is 2.57. The van der Waals surface area contributed by atoms with Crippen molar-refractivity contribution in [3.05, 3.63) is 53.6 Å². The maximum absolute atomic E-state index is 12.3. The standard InChI is InChI=1S/C19H23ClN2O2/c1-4-22(5-2)17-11-9-16(10-12-17)21-19(23)14(3)24-18-8-6-7-15(20)13-18/h6-14H,4-5H2,1-3H3,(H,21,23). The normalized spacial score (nSPS) is 11.7. The molecule has 1 N–H and O–H groups in total. The molecule has 0 aromatic heterocycles. The molecule has 0 spiro atoms. The highest BCUT2D eigenvalue weighted by molar-refractivity contribution is 6.30. The second kappa shape index (κ2) is 8.60. The Hall–Kier alpha value is -2.20. The molecule has 5 heteroatoms. The van der Waals surface area contributed by atoms with Gasteiger partial charge in [0.25, 0.3) is 5.91 Å². The zero-order valence-corrected chi connectivity index (χ0v) is 15.0. The van der Waals surface area contributed by atoms with Gasteiger partial charge in [-0.2, -0.15) is 0 Å². The molecule has 4 nitrogen and oxygen atoms in total. The SMILES string of the molecule is CCN(CC)c1ccc(NC(=O)C(C)Oc2cccc(Cl)c2)cc1. The van der Waals surface area contributed by atoms with Gasteiger partial charge in [-0.1, -0.05) is 17.7 Å². The summed E-state index contributed by atoms with van der Waals surface area (Å²) in [6.45, 7) is 7.85. The number of hydrogen-bond acceptors (Lipinski definition) is 3. The van der Waals surface area contributed by atoms with Crippen molar-refractivity contribution in [1.82, 2.24) is 0 Å². The van der Waals surface area contributed by atoms with E-state index < -0.39 is 6.10 Å². The molecule has 24 heavy (non-hydrogen) atoms. The lowest BCUT2D eigenvalue weighted by Gasteiger charge is -2.21. The first kappa shape index (κ1) is 18.1. The number of amides is 1. The molecule has 1 atom stereocenters. The van der Waals surface area contributed by atoms with Crippen LogP contribution in [0.15, 0.2) is 48.5 Å². The number of carbonyl (C=O) groups is 1. The molecule has 0 saturated carbocycles. The largest absolute Gasteiger partial charge is 0.481 e. The first-order chi connectivity index (χ1) is 11.5. The molecule has 1 unspecified atom stereocenters. The first-order valence-corrected chi connectivity index (χ1v) is 8.49. The van der Waals surface area contributed by atoms with Gasteiger partial charge in [0.2, 0.25) is 0 Å². The minimum absolute atomic E-state index is 0.203. The number of benzene rings is 2. The van der Waals surface area contributed by atoms with Crippen LogP contribution in [-0.4, -0.2) is 25.1 Å². The van der Waals surface area contributed by atoms with E-state index in [2.05, 4.69) is 24.1 Å². The van der Waals surface area contributed by atoms with Crippen LogP contribution in [-0.2, 0) is 4.79 Å². The summed E-state index contributed by atoms with van der Waals surface area (Å²) in [5, 5.41) is 3.44. The Labute approximate surface area is 148 Å². The number of nitrogens with zero attached hydrogens (tertiary/aromatic N) is 1. The van der Waals surface area contributed by atoms with Crippen LogP contribution in [0.3, 0.4) is 0 Å². The molecule has 2 rings (SSSR count). The van der Waals surface area contributed by atoms with E-state index in [9.17, 15) is 4.79 Å². The van der Waals surface area contributed by atoms with Crippen molar-refractivity contribution in [1.29, 1.82) is 0 Å². The van der Waals surface area contributed by atoms with Gasteiger partial charge in [0.05, 0.1) is 0 Å². The number of rotatable bonds is 7. The van der Waals surface area contributed by atoms with Gasteiger partial charge in [0.15, 0.2) is 6.10 Å². The van der Waals surface area contributed by atoms with Gasteiger partial charge in [0.1, 0.15) is 5.75 Å². The lowest BCUT2D eigenvalue weighted by Crippen LogP contribution is -2.30. The van der Waals surface area contributed by atoms with E-state index in [0.717, 1.165) is 24.5 Å². The monoisotopic (exact) mass is 346 g/mol. The maximum Gasteiger partial charge on any atom is 0.265 e. The van der Waals surface area contributed by atoms with Gasteiger partial charge in [-0.25, -0.2) is 0 Å². The number of hydrogen-bond donors (Lipinski definition) is 1. The molecule has 0 aliphatic heterocycles. The van der Waals surface area contributed by atoms with Gasteiger partial charge in [0, 0.05) is 29.5 Å². The van der Waals surface area contributed by atoms with E-state index in [1.807, 2.05) is 24.3 Å². The van der Waals surface area contributed by atoms with E-state index in [-0.39, 0.29) is 5.91 Å². The molecule has 0 radical (unpaired) electrons. The van der Waals surface area contributed by atoms with Crippen molar-refractivity contribution in [3.63, 3.8) is 0 Å². The Kier molecular flexibility index (Phi) is 6.50. The average Bonchev–Trinajstić information content (AvgIpc) is 2.57. The summed E-state index contributed by atoms with van der Waals surface area (Å²) >= 11 is 5.92. The van der Waals surface area contributed by atoms with Crippen molar-refractivity contribution >= 4 is 28.9 Å². The van der Waals surface area contributed by atoms with Gasteiger partial charge in [-0.3, -0.25) is 4.79 Å². The zero-order valence-electron chi connectivity index (χ0n) is 14.3. The quantitative estimate of drug-likeness (QED) is 0.797.